The van der Waals surface area contributed by atoms with Crippen molar-refractivity contribution in [3.05, 3.63) is 0 Å². The number of hydrogen-bond acceptors (Lipinski definition) is 4. The molecule has 0 saturated carbocycles. The molecule has 0 heterocycles. The summed E-state index contributed by atoms with van der Waals surface area (Å²) in [5, 5.41) is 15.1. The third-order valence-electron chi connectivity index (χ3n) is 0.715. The van der Waals surface area contributed by atoms with Crippen molar-refractivity contribution in [2.75, 3.05) is 26.9 Å². The highest BCUT2D eigenvalue weighted by Crippen LogP contribution is 1.77. The summed E-state index contributed by atoms with van der Waals surface area (Å²) in [4.78, 5) is 0. The normalized spacial score (nSPS) is 9.11. The molecule has 9 heavy (non-hydrogen) atoms. The van der Waals surface area contributed by atoms with Gasteiger partial charge in [-0.15, -0.1) is 0 Å². The molecule has 2 N–H and O–H groups in total. The van der Waals surface area contributed by atoms with Crippen molar-refractivity contribution < 1.29 is 14.6 Å². The molecule has 0 aromatic heterocycles. The van der Waals surface area contributed by atoms with Crippen molar-refractivity contribution >= 4 is 5.90 Å². The van der Waals surface area contributed by atoms with E-state index in [4.69, 9.17) is 15.3 Å². The zero-order chi connectivity index (χ0) is 7.11. The monoisotopic (exact) mass is 133 g/mol. The van der Waals surface area contributed by atoms with Gasteiger partial charge in [-0.25, -0.2) is 0 Å². The Morgan fingerprint density at radius 2 is 2.33 bits per heavy atom. The van der Waals surface area contributed by atoms with E-state index in [-0.39, 0.29) is 25.7 Å². The van der Waals surface area contributed by atoms with E-state index in [1.165, 1.54) is 7.11 Å². The number of ether oxygens (including phenoxy) is 2. The number of nitrogens with one attached hydrogen (secondary N) is 1. The number of methoxy groups -OCH3 is 1. The minimum atomic E-state index is -0.0169. The lowest BCUT2D eigenvalue weighted by Gasteiger charge is -2.00. The van der Waals surface area contributed by atoms with E-state index in [0.29, 0.717) is 0 Å². The highest BCUT2D eigenvalue weighted by molar-refractivity contribution is 5.73. The summed E-state index contributed by atoms with van der Waals surface area (Å²) < 4.78 is 9.21. The van der Waals surface area contributed by atoms with Crippen molar-refractivity contribution in [2.24, 2.45) is 0 Å². The first-order chi connectivity index (χ1) is 4.31. The van der Waals surface area contributed by atoms with Gasteiger partial charge in [0.25, 0.3) is 0 Å². The zero-order valence-electron chi connectivity index (χ0n) is 5.39. The van der Waals surface area contributed by atoms with Crippen LogP contribution in [0.3, 0.4) is 0 Å². The first kappa shape index (κ1) is 8.39. The Labute approximate surface area is 53.9 Å². The Bertz CT molecular complexity index is 84.3. The van der Waals surface area contributed by atoms with E-state index >= 15 is 0 Å². The summed E-state index contributed by atoms with van der Waals surface area (Å²) in [6, 6.07) is 0. The van der Waals surface area contributed by atoms with Crippen LogP contribution in [0.5, 0.6) is 0 Å². The molecular formula is C5H11NO3. The van der Waals surface area contributed by atoms with Crippen LogP contribution in [0.1, 0.15) is 0 Å². The first-order valence-corrected chi connectivity index (χ1v) is 2.61. The number of hydrogen-bond donors (Lipinski definition) is 2. The molecule has 0 amide bonds. The second kappa shape index (κ2) is 5.53. The van der Waals surface area contributed by atoms with Crippen LogP contribution in [-0.4, -0.2) is 37.9 Å². The van der Waals surface area contributed by atoms with Crippen LogP contribution < -0.4 is 0 Å². The number of aliphatic hydroxyl groups excluding tert-OH is 1. The van der Waals surface area contributed by atoms with Gasteiger partial charge < -0.3 is 14.6 Å². The summed E-state index contributed by atoms with van der Waals surface area (Å²) in [5.74, 6) is 0.0726. The third-order valence-corrected chi connectivity index (χ3v) is 0.715. The van der Waals surface area contributed by atoms with E-state index in [9.17, 15) is 0 Å². The van der Waals surface area contributed by atoms with Gasteiger partial charge in [0.05, 0.1) is 20.3 Å². The van der Waals surface area contributed by atoms with Gasteiger partial charge in [0, 0.05) is 0 Å². The molecule has 0 fully saturated rings. The smallest absolute Gasteiger partial charge is 0.206 e. The molecule has 0 radical (unpaired) electrons. The average Bonchev–Trinajstić information content (AvgIpc) is 1.89. The maximum absolute atomic E-state index is 8.22. The summed E-state index contributed by atoms with van der Waals surface area (Å²) in [6.45, 7) is 0.375. The molecule has 4 heteroatoms. The van der Waals surface area contributed by atoms with Gasteiger partial charge in [0.2, 0.25) is 5.90 Å². The number of rotatable bonds is 4. The third kappa shape index (κ3) is 5.26. The van der Waals surface area contributed by atoms with Gasteiger partial charge >= 0.3 is 0 Å². The Morgan fingerprint density at radius 3 is 2.78 bits per heavy atom. The average molecular weight is 133 g/mol. The second-order valence-electron chi connectivity index (χ2n) is 1.40. The maximum Gasteiger partial charge on any atom is 0.206 e. The molecule has 0 aromatic rings. The van der Waals surface area contributed by atoms with Gasteiger partial charge in [-0.3, -0.25) is 5.41 Å². The summed E-state index contributed by atoms with van der Waals surface area (Å²) >= 11 is 0. The molecule has 0 atom stereocenters. The quantitative estimate of drug-likeness (QED) is 0.312. The highest BCUT2D eigenvalue weighted by Gasteiger charge is 1.91. The van der Waals surface area contributed by atoms with E-state index in [0.717, 1.165) is 0 Å². The fraction of sp³-hybridized carbons (Fsp3) is 0.800. The molecule has 4 nitrogen and oxygen atoms in total. The standard InChI is InChI=1S/C5H11NO3/c1-8-5(6)4-9-3-2-7/h6-7H,2-4H2,1H3. The summed E-state index contributed by atoms with van der Waals surface area (Å²) in [7, 11) is 1.41. The number of aliphatic hydroxyl groups is 1. The lowest BCUT2D eigenvalue weighted by atomic mass is 10.7. The van der Waals surface area contributed by atoms with Crippen molar-refractivity contribution in [3.63, 3.8) is 0 Å². The van der Waals surface area contributed by atoms with E-state index in [1.807, 2.05) is 0 Å². The predicted molar refractivity (Wildman–Crippen MR) is 32.6 cm³/mol. The van der Waals surface area contributed by atoms with Crippen LogP contribution in [0.2, 0.25) is 0 Å². The van der Waals surface area contributed by atoms with Crippen molar-refractivity contribution in [1.82, 2.24) is 0 Å². The van der Waals surface area contributed by atoms with Gasteiger partial charge in [-0.2, -0.15) is 0 Å². The van der Waals surface area contributed by atoms with Crippen LogP contribution in [0.25, 0.3) is 0 Å². The summed E-state index contributed by atoms with van der Waals surface area (Å²) in [6.07, 6.45) is 0. The van der Waals surface area contributed by atoms with Crippen LogP contribution in [-0.2, 0) is 9.47 Å². The SMILES string of the molecule is COC(=N)COCCO. The first-order valence-electron chi connectivity index (χ1n) is 2.61. The lowest BCUT2D eigenvalue weighted by Crippen LogP contribution is -2.11. The molecule has 0 aromatic carbocycles. The molecule has 0 aliphatic heterocycles. The maximum atomic E-state index is 8.22. The Morgan fingerprint density at radius 1 is 1.67 bits per heavy atom. The van der Waals surface area contributed by atoms with Gasteiger partial charge in [0.15, 0.2) is 0 Å². The van der Waals surface area contributed by atoms with E-state index < -0.39 is 0 Å². The Balaban J connectivity index is 2.97. The minimum Gasteiger partial charge on any atom is -0.483 e. The topological polar surface area (TPSA) is 62.5 Å². The largest absolute Gasteiger partial charge is 0.483 e. The fourth-order valence-corrected chi connectivity index (χ4v) is 0.288. The molecule has 0 unspecified atom stereocenters. The van der Waals surface area contributed by atoms with Crippen LogP contribution >= 0.6 is 0 Å². The second-order valence-corrected chi connectivity index (χ2v) is 1.40. The Hall–Kier alpha value is -0.610. The fourth-order valence-electron chi connectivity index (χ4n) is 0.288. The molecule has 0 rings (SSSR count). The van der Waals surface area contributed by atoms with Crippen LogP contribution in [0.4, 0.5) is 0 Å². The predicted octanol–water partition coefficient (Wildman–Crippen LogP) is -0.381. The van der Waals surface area contributed by atoms with Crippen molar-refractivity contribution in [2.45, 2.75) is 0 Å². The van der Waals surface area contributed by atoms with Crippen molar-refractivity contribution in [1.29, 1.82) is 5.41 Å². The molecule has 0 saturated heterocycles. The Kier molecular flexibility index (Phi) is 5.15. The van der Waals surface area contributed by atoms with E-state index in [2.05, 4.69) is 4.74 Å². The molecule has 0 aliphatic rings. The highest BCUT2D eigenvalue weighted by atomic mass is 16.5. The van der Waals surface area contributed by atoms with Crippen molar-refractivity contribution in [3.8, 4) is 0 Å². The lowest BCUT2D eigenvalue weighted by molar-refractivity contribution is 0.109. The molecule has 0 spiro atoms. The van der Waals surface area contributed by atoms with Gasteiger partial charge in [0.1, 0.15) is 6.61 Å². The molecular weight excluding hydrogens is 122 g/mol. The van der Waals surface area contributed by atoms with Gasteiger partial charge in [-0.1, -0.05) is 0 Å². The molecule has 0 bridgehead atoms. The van der Waals surface area contributed by atoms with E-state index in [1.54, 1.807) is 0 Å². The summed E-state index contributed by atoms with van der Waals surface area (Å²) in [5.41, 5.74) is 0. The minimum absolute atomic E-state index is 0.0169. The van der Waals surface area contributed by atoms with Gasteiger partial charge in [-0.05, 0) is 0 Å². The zero-order valence-corrected chi connectivity index (χ0v) is 5.39. The molecule has 0 aliphatic carbocycles. The van der Waals surface area contributed by atoms with Crippen LogP contribution in [0, 0.1) is 5.41 Å². The molecule has 54 valence electrons. The van der Waals surface area contributed by atoms with Crippen LogP contribution in [0.15, 0.2) is 0 Å².